The molecule has 0 bridgehead atoms. The Hall–Kier alpha value is -8.36. The van der Waals surface area contributed by atoms with E-state index in [2.05, 4.69) is 71.6 Å². The molecule has 0 saturated carbocycles. The first kappa shape index (κ1) is 61.7. The smallest absolute Gasteiger partial charge is 0.233 e. The topological polar surface area (TPSA) is 564 Å². The van der Waals surface area contributed by atoms with Gasteiger partial charge in [0.2, 0.25) is 34.4 Å². The molecule has 440 valence electrons. The number of nitrogens with two attached hydrogens (primary N) is 1. The van der Waals surface area contributed by atoms with Gasteiger partial charge < -0.3 is 59.4 Å². The quantitative estimate of drug-likeness (QED) is 0.0343. The van der Waals surface area contributed by atoms with Crippen LogP contribution in [-0.2, 0) is 60.7 Å². The maximum atomic E-state index is 12.8. The third-order valence-electron chi connectivity index (χ3n) is 11.0. The van der Waals surface area contributed by atoms with Crippen LogP contribution in [0.4, 0.5) is 75.0 Å². The molecule has 0 atom stereocenters. The highest BCUT2D eigenvalue weighted by Crippen LogP contribution is 2.49. The van der Waals surface area contributed by atoms with Gasteiger partial charge in [-0.3, -0.25) is 0 Å². The Kier molecular flexibility index (Phi) is 16.6. The van der Waals surface area contributed by atoms with Gasteiger partial charge in [-0.05, 0) is 138 Å². The number of nitrogens with zero attached hydrogens (tertiary/aromatic N) is 10. The number of rotatable bonds is 18. The SMILES string of the molecule is Cc1cc(S(=O)(=O)[O-])ccc1Nc1nc(Cl)nc(Nc2ccc(S(=O)(=O)[O-])c(N=Nc3c(S(=O)(=O)[O-])cc4cc(S(=O)(=O)[O-])c(N=Nc5cc(Nc6nc(Cl)nc(Nc7ccc(S(=O)(=O)[O-])cc7C)n6)ccc5S(=O)(=O)[O-])c(O)c4c3N)c2)n1. The van der Waals surface area contributed by atoms with Crippen molar-refractivity contribution in [3.05, 3.63) is 107 Å². The molecule has 0 spiro atoms. The van der Waals surface area contributed by atoms with Crippen LogP contribution in [0.3, 0.4) is 0 Å². The minimum absolute atomic E-state index is 0.195. The van der Waals surface area contributed by atoms with E-state index in [9.17, 15) is 82.9 Å². The lowest BCUT2D eigenvalue weighted by atomic mass is 10.1. The zero-order valence-corrected chi connectivity index (χ0v) is 47.5. The van der Waals surface area contributed by atoms with Crippen LogP contribution >= 0.6 is 23.2 Å². The van der Waals surface area contributed by atoms with Crippen LogP contribution in [0.1, 0.15) is 11.1 Å². The monoisotopic (exact) mass is 1310 g/mol. The maximum absolute atomic E-state index is 12.8. The minimum Gasteiger partial charge on any atom is -0.744 e. The van der Waals surface area contributed by atoms with Gasteiger partial charge in [-0.2, -0.15) is 29.9 Å². The highest BCUT2D eigenvalue weighted by Gasteiger charge is 2.25. The van der Waals surface area contributed by atoms with Crippen molar-refractivity contribution in [1.29, 1.82) is 0 Å². The average Bonchev–Trinajstić information content (AvgIpc) is 1.19. The Balaban J connectivity index is 1.18. The van der Waals surface area contributed by atoms with Gasteiger partial charge in [0.1, 0.15) is 83.5 Å². The number of phenols is 1. The summed E-state index contributed by atoms with van der Waals surface area (Å²) in [4.78, 5) is 17.5. The van der Waals surface area contributed by atoms with E-state index in [0.717, 1.165) is 48.5 Å². The van der Waals surface area contributed by atoms with Crippen molar-refractivity contribution >= 4 is 170 Å². The molecule has 42 heteroatoms. The Bertz CT molecular complexity index is 4600. The normalized spacial score (nSPS) is 12.7. The molecule has 0 aliphatic heterocycles. The molecule has 0 amide bonds. The summed E-state index contributed by atoms with van der Waals surface area (Å²) in [6.45, 7) is 2.89. The summed E-state index contributed by atoms with van der Waals surface area (Å²) >= 11 is 12.2. The lowest BCUT2D eigenvalue weighted by Gasteiger charge is -2.18. The summed E-state index contributed by atoms with van der Waals surface area (Å²) in [5.41, 5.74) is 1.23. The van der Waals surface area contributed by atoms with E-state index in [1.54, 1.807) is 0 Å². The van der Waals surface area contributed by atoms with Crippen LogP contribution in [0, 0.1) is 13.8 Å². The van der Waals surface area contributed by atoms with Gasteiger partial charge in [0, 0.05) is 22.7 Å². The number of hydrogen-bond acceptors (Lipinski definition) is 34. The molecule has 7 N–H and O–H groups in total. The molecule has 0 unspecified atom stereocenters. The van der Waals surface area contributed by atoms with E-state index in [1.165, 1.54) is 26.0 Å². The fourth-order valence-electron chi connectivity index (χ4n) is 7.36. The molecular formula is C42H27Cl2N15O19S6-6. The van der Waals surface area contributed by atoms with Crippen molar-refractivity contribution < 1.29 is 82.9 Å². The highest BCUT2D eigenvalue weighted by atomic mass is 35.5. The number of anilines is 9. The molecule has 0 fully saturated rings. The first-order valence-electron chi connectivity index (χ1n) is 21.9. The second kappa shape index (κ2) is 22.7. The number of phenolic OH excluding ortho intramolecular Hbond substituents is 1. The highest BCUT2D eigenvalue weighted by molar-refractivity contribution is 7.87. The minimum atomic E-state index is -5.86. The van der Waals surface area contributed by atoms with Crippen LogP contribution in [0.15, 0.2) is 135 Å². The number of fused-ring (bicyclic) bond motifs is 1. The first-order valence-corrected chi connectivity index (χ1v) is 31.2. The molecule has 8 rings (SSSR count). The van der Waals surface area contributed by atoms with Gasteiger partial charge in [0.15, 0.2) is 5.75 Å². The molecular weight excluding hydrogens is 1280 g/mol. The number of aromatic hydroxyl groups is 1. The van der Waals surface area contributed by atoms with Gasteiger partial charge in [0.25, 0.3) is 0 Å². The van der Waals surface area contributed by atoms with Gasteiger partial charge in [-0.15, -0.1) is 20.5 Å². The van der Waals surface area contributed by atoms with Crippen LogP contribution in [-0.4, -0.2) is 113 Å². The van der Waals surface area contributed by atoms with Crippen molar-refractivity contribution in [1.82, 2.24) is 29.9 Å². The van der Waals surface area contributed by atoms with Crippen molar-refractivity contribution in [3.63, 3.8) is 0 Å². The van der Waals surface area contributed by atoms with Gasteiger partial charge in [-0.25, -0.2) is 50.5 Å². The zero-order chi connectivity index (χ0) is 61.8. The average molecular weight is 1310 g/mol. The number of hydrogen-bond donors (Lipinski definition) is 6. The van der Waals surface area contributed by atoms with Gasteiger partial charge in [-0.1, -0.05) is 0 Å². The second-order valence-corrected chi connectivity index (χ2v) is 25.6. The summed E-state index contributed by atoms with van der Waals surface area (Å²) in [5, 5.41) is 34.2. The Morgan fingerprint density at radius 2 is 0.798 bits per heavy atom. The summed E-state index contributed by atoms with van der Waals surface area (Å²) in [6, 6.07) is 12.2. The molecule has 2 heterocycles. The lowest BCUT2D eigenvalue weighted by molar-refractivity contribution is 0.457. The van der Waals surface area contributed by atoms with Crippen LogP contribution < -0.4 is 27.0 Å². The Morgan fingerprint density at radius 1 is 0.440 bits per heavy atom. The van der Waals surface area contributed by atoms with Gasteiger partial charge >= 0.3 is 0 Å². The predicted molar refractivity (Wildman–Crippen MR) is 284 cm³/mol. The van der Waals surface area contributed by atoms with E-state index >= 15 is 0 Å². The van der Waals surface area contributed by atoms with E-state index in [-0.39, 0.29) is 51.7 Å². The fourth-order valence-corrected chi connectivity index (χ4v) is 11.3. The molecule has 0 saturated heterocycles. The van der Waals surface area contributed by atoms with Crippen LogP contribution in [0.2, 0.25) is 10.6 Å². The van der Waals surface area contributed by atoms with Gasteiger partial charge in [0.05, 0.1) is 40.4 Å². The number of aryl methyl sites for hydroxylation is 2. The molecule has 84 heavy (non-hydrogen) atoms. The van der Waals surface area contributed by atoms with Crippen LogP contribution in [0.25, 0.3) is 10.8 Å². The van der Waals surface area contributed by atoms with Crippen LogP contribution in [0.5, 0.6) is 5.75 Å². The molecule has 0 aliphatic rings. The number of nitrogen functional groups attached to an aromatic ring is 1. The third-order valence-corrected chi connectivity index (χ3v) is 16.5. The Morgan fingerprint density at radius 3 is 1.15 bits per heavy atom. The molecule has 6 aromatic carbocycles. The number of aromatic nitrogens is 6. The zero-order valence-electron chi connectivity index (χ0n) is 41.1. The second-order valence-electron chi connectivity index (χ2n) is 16.8. The fraction of sp³-hybridized carbons (Fsp3) is 0.0476. The lowest BCUT2D eigenvalue weighted by Crippen LogP contribution is -2.06. The molecule has 0 radical (unpaired) electrons. The third kappa shape index (κ3) is 14.2. The van der Waals surface area contributed by atoms with E-state index in [4.69, 9.17) is 28.9 Å². The molecule has 0 aliphatic carbocycles. The predicted octanol–water partition coefficient (Wildman–Crippen LogP) is 5.65. The number of nitrogens with one attached hydrogen (secondary N) is 4. The number of halogens is 2. The summed E-state index contributed by atoms with van der Waals surface area (Å²) < 4.78 is 220. The van der Waals surface area contributed by atoms with Crippen molar-refractivity contribution in [2.24, 2.45) is 20.5 Å². The molecule has 2 aromatic heterocycles. The van der Waals surface area contributed by atoms with Crippen molar-refractivity contribution in [2.75, 3.05) is 27.0 Å². The first-order chi connectivity index (χ1) is 38.8. The number of azo groups is 2. The molecule has 34 nitrogen and oxygen atoms in total. The number of benzene rings is 6. The maximum Gasteiger partial charge on any atom is 0.233 e. The van der Waals surface area contributed by atoms with Crippen molar-refractivity contribution in [2.45, 2.75) is 43.2 Å². The van der Waals surface area contributed by atoms with E-state index in [0.29, 0.717) is 24.3 Å². The van der Waals surface area contributed by atoms with E-state index < -0.39 is 152 Å². The Labute approximate surface area is 482 Å². The summed E-state index contributed by atoms with van der Waals surface area (Å²) in [6.07, 6.45) is 0. The van der Waals surface area contributed by atoms with E-state index in [1.807, 2.05) is 0 Å². The summed E-state index contributed by atoms with van der Waals surface area (Å²) in [7, 11) is -32.3. The molecule has 8 aromatic rings. The standard InChI is InChI=1S/C42H33Cl2N15O19S6/c1-17-11-22(79(61,62)63)5-7-24(17)48-41-52-37(43)50-39(54-41)46-20-3-9-28(81(67,68)69)26(15-20)56-58-34-30(83(73,74)75)13-19-14-31(84(76,77)78)35(36(60)32(19)33(34)45)59-57-27-16-21(4-10-29(27)82(70,71)72)47-40-51-38(44)53-42(55-40)49-25-8-6-23(12-18(25)2)80(64,65)66/h3-16,60H,45H2,1-2H3,(H,61,62,63)(H,64,65,66)(H,67,68,69)(H,70,71,72)(H,73,74,75)(H,76,77,78)(H2,46,48,50,52,54)(H2,47,49,51,53,55)/p-6. The summed E-state index contributed by atoms with van der Waals surface area (Å²) in [5.74, 6) is -2.80. The largest absolute Gasteiger partial charge is 0.744 e. The van der Waals surface area contributed by atoms with Crippen molar-refractivity contribution in [3.8, 4) is 5.75 Å².